The van der Waals surface area contributed by atoms with Crippen molar-refractivity contribution in [1.29, 1.82) is 0 Å². The molecule has 1 aromatic carbocycles. The van der Waals surface area contributed by atoms with Crippen molar-refractivity contribution >= 4 is 5.57 Å². The molecular weight excluding hydrogens is 248 g/mol. The number of aliphatic hydroxyl groups is 1. The molecule has 0 bridgehead atoms. The molecule has 0 saturated heterocycles. The van der Waals surface area contributed by atoms with E-state index in [1.165, 1.54) is 16.7 Å². The van der Waals surface area contributed by atoms with Crippen LogP contribution in [0.25, 0.3) is 5.57 Å². The van der Waals surface area contributed by atoms with Crippen molar-refractivity contribution in [2.45, 2.75) is 51.6 Å². The summed E-state index contributed by atoms with van der Waals surface area (Å²) in [7, 11) is 0. The van der Waals surface area contributed by atoms with E-state index in [-0.39, 0.29) is 11.5 Å². The fraction of sp³-hybridized carbons (Fsp3) is 0.556. The molecule has 0 aromatic heterocycles. The van der Waals surface area contributed by atoms with Crippen LogP contribution in [0, 0.1) is 11.3 Å². The van der Waals surface area contributed by atoms with Crippen molar-refractivity contribution in [1.82, 2.24) is 0 Å². The molecular formula is C18H22O2. The molecule has 0 spiro atoms. The Bertz CT molecular complexity index is 601. The molecule has 3 aliphatic carbocycles. The Hall–Kier alpha value is -1.28. The molecule has 3 aliphatic rings. The fourth-order valence-corrected chi connectivity index (χ4v) is 4.88. The number of hydrogen-bond acceptors (Lipinski definition) is 2. The zero-order valence-electron chi connectivity index (χ0n) is 12.0. The Morgan fingerprint density at radius 3 is 2.85 bits per heavy atom. The highest BCUT2D eigenvalue weighted by Gasteiger charge is 2.50. The Morgan fingerprint density at radius 1 is 1.15 bits per heavy atom. The number of aliphatic hydroxyl groups excluding tert-OH is 1. The first-order valence-corrected chi connectivity index (χ1v) is 7.82. The van der Waals surface area contributed by atoms with Gasteiger partial charge in [-0.25, -0.2) is 0 Å². The van der Waals surface area contributed by atoms with Gasteiger partial charge >= 0.3 is 0 Å². The first-order valence-electron chi connectivity index (χ1n) is 7.82. The van der Waals surface area contributed by atoms with Gasteiger partial charge in [0, 0.05) is 5.41 Å². The monoisotopic (exact) mass is 270 g/mol. The zero-order chi connectivity index (χ0) is 13.9. The Morgan fingerprint density at radius 2 is 2.00 bits per heavy atom. The van der Waals surface area contributed by atoms with Gasteiger partial charge in [-0.2, -0.15) is 0 Å². The molecule has 2 nitrogen and oxygen atoms in total. The van der Waals surface area contributed by atoms with E-state index in [1.807, 2.05) is 12.1 Å². The molecule has 1 aromatic rings. The number of hydrogen-bond donors (Lipinski definition) is 2. The smallest absolute Gasteiger partial charge is 0.115 e. The van der Waals surface area contributed by atoms with Crippen molar-refractivity contribution in [3.63, 3.8) is 0 Å². The van der Waals surface area contributed by atoms with Crippen LogP contribution in [-0.4, -0.2) is 16.3 Å². The summed E-state index contributed by atoms with van der Waals surface area (Å²) in [5.41, 5.74) is 5.88. The largest absolute Gasteiger partial charge is 0.508 e. The maximum Gasteiger partial charge on any atom is 0.115 e. The SMILES string of the molecule is C[C@]12CCC3=C(CCc4cc(O)ccc43)[C@@H]1CCC2O. The van der Waals surface area contributed by atoms with Crippen LogP contribution >= 0.6 is 0 Å². The maximum atomic E-state index is 10.3. The van der Waals surface area contributed by atoms with Gasteiger partial charge in [-0.1, -0.05) is 18.6 Å². The Labute approximate surface area is 120 Å². The summed E-state index contributed by atoms with van der Waals surface area (Å²) < 4.78 is 0. The number of aromatic hydroxyl groups is 1. The van der Waals surface area contributed by atoms with E-state index < -0.39 is 0 Å². The molecule has 3 atom stereocenters. The third kappa shape index (κ3) is 1.54. The Balaban J connectivity index is 1.83. The highest BCUT2D eigenvalue weighted by atomic mass is 16.3. The standard InChI is InChI=1S/C18H22O2/c1-18-9-8-14-13-5-3-12(19)10-11(13)2-4-15(14)16(18)6-7-17(18)20/h3,5,10,16-17,19-20H,2,4,6-9H2,1H3/t16-,17?,18-/m0/s1. The molecule has 0 heterocycles. The Kier molecular flexibility index (Phi) is 2.56. The summed E-state index contributed by atoms with van der Waals surface area (Å²) in [5, 5.41) is 20.0. The molecule has 1 saturated carbocycles. The molecule has 1 fully saturated rings. The van der Waals surface area contributed by atoms with Crippen LogP contribution in [0.3, 0.4) is 0 Å². The minimum atomic E-state index is -0.122. The summed E-state index contributed by atoms with van der Waals surface area (Å²) in [5.74, 6) is 0.952. The second kappa shape index (κ2) is 4.11. The minimum Gasteiger partial charge on any atom is -0.508 e. The lowest BCUT2D eigenvalue weighted by Gasteiger charge is -2.43. The van der Waals surface area contributed by atoms with Crippen LogP contribution in [0.5, 0.6) is 5.75 Å². The quantitative estimate of drug-likeness (QED) is 0.755. The van der Waals surface area contributed by atoms with Crippen LogP contribution in [0.15, 0.2) is 23.8 Å². The summed E-state index contributed by atoms with van der Waals surface area (Å²) in [6.45, 7) is 2.28. The van der Waals surface area contributed by atoms with Gasteiger partial charge in [0.2, 0.25) is 0 Å². The number of fused-ring (bicyclic) bond motifs is 4. The predicted molar refractivity (Wildman–Crippen MR) is 79.4 cm³/mol. The lowest BCUT2D eigenvalue weighted by molar-refractivity contribution is 0.0379. The molecule has 4 rings (SSSR count). The van der Waals surface area contributed by atoms with Gasteiger partial charge in [0.25, 0.3) is 0 Å². The van der Waals surface area contributed by atoms with Gasteiger partial charge in [0.05, 0.1) is 6.10 Å². The number of phenolic OH excluding ortho intramolecular Hbond substituents is 1. The normalized spacial score (nSPS) is 35.5. The maximum absolute atomic E-state index is 10.3. The lowest BCUT2D eigenvalue weighted by atomic mass is 9.62. The van der Waals surface area contributed by atoms with Crippen molar-refractivity contribution in [3.8, 4) is 5.75 Å². The van der Waals surface area contributed by atoms with Crippen LogP contribution in [0.1, 0.15) is 50.2 Å². The number of phenols is 1. The van der Waals surface area contributed by atoms with E-state index in [4.69, 9.17) is 0 Å². The fourth-order valence-electron chi connectivity index (χ4n) is 4.88. The van der Waals surface area contributed by atoms with Crippen molar-refractivity contribution in [2.24, 2.45) is 11.3 Å². The summed E-state index contributed by atoms with van der Waals surface area (Å²) in [6.07, 6.45) is 6.30. The second-order valence-electron chi connectivity index (χ2n) is 7.00. The molecule has 106 valence electrons. The average molecular weight is 270 g/mol. The average Bonchev–Trinajstić information content (AvgIpc) is 2.74. The van der Waals surface area contributed by atoms with Crippen LogP contribution in [0.2, 0.25) is 0 Å². The van der Waals surface area contributed by atoms with Crippen molar-refractivity contribution < 1.29 is 10.2 Å². The third-order valence-electron chi connectivity index (χ3n) is 6.09. The molecule has 0 amide bonds. The van der Waals surface area contributed by atoms with E-state index in [2.05, 4.69) is 13.0 Å². The molecule has 0 aliphatic heterocycles. The molecule has 20 heavy (non-hydrogen) atoms. The first-order chi connectivity index (χ1) is 9.59. The van der Waals surface area contributed by atoms with Crippen LogP contribution in [0.4, 0.5) is 0 Å². The van der Waals surface area contributed by atoms with Gasteiger partial charge in [0.1, 0.15) is 5.75 Å². The summed E-state index contributed by atoms with van der Waals surface area (Å²) in [6, 6.07) is 5.83. The lowest BCUT2D eigenvalue weighted by Crippen LogP contribution is -2.37. The topological polar surface area (TPSA) is 40.5 Å². The van der Waals surface area contributed by atoms with E-state index in [9.17, 15) is 10.2 Å². The predicted octanol–water partition coefficient (Wildman–Crippen LogP) is 3.66. The number of benzene rings is 1. The van der Waals surface area contributed by atoms with Crippen molar-refractivity contribution in [3.05, 3.63) is 34.9 Å². The number of aryl methyl sites for hydroxylation is 1. The third-order valence-corrected chi connectivity index (χ3v) is 6.09. The van der Waals surface area contributed by atoms with Crippen molar-refractivity contribution in [2.75, 3.05) is 0 Å². The first kappa shape index (κ1) is 12.5. The van der Waals surface area contributed by atoms with Gasteiger partial charge < -0.3 is 10.2 Å². The van der Waals surface area contributed by atoms with Crippen LogP contribution < -0.4 is 0 Å². The molecule has 0 radical (unpaired) electrons. The summed E-state index contributed by atoms with van der Waals surface area (Å²) in [4.78, 5) is 0. The molecule has 1 unspecified atom stereocenters. The van der Waals surface area contributed by atoms with E-state index in [1.54, 1.807) is 5.57 Å². The van der Waals surface area contributed by atoms with E-state index in [0.29, 0.717) is 11.7 Å². The number of allylic oxidation sites excluding steroid dienone is 2. The van der Waals surface area contributed by atoms with Gasteiger partial charge in [-0.15, -0.1) is 0 Å². The van der Waals surface area contributed by atoms with E-state index in [0.717, 1.165) is 38.5 Å². The van der Waals surface area contributed by atoms with Crippen LogP contribution in [-0.2, 0) is 6.42 Å². The highest BCUT2D eigenvalue weighted by Crippen LogP contribution is 2.58. The van der Waals surface area contributed by atoms with Gasteiger partial charge in [-0.05, 0) is 73.3 Å². The zero-order valence-corrected chi connectivity index (χ0v) is 12.0. The van der Waals surface area contributed by atoms with Gasteiger partial charge in [0.15, 0.2) is 0 Å². The molecule has 2 heteroatoms. The minimum absolute atomic E-state index is 0.104. The number of rotatable bonds is 0. The molecule has 2 N–H and O–H groups in total. The summed E-state index contributed by atoms with van der Waals surface area (Å²) >= 11 is 0. The second-order valence-corrected chi connectivity index (χ2v) is 7.00. The highest BCUT2D eigenvalue weighted by molar-refractivity contribution is 5.75. The van der Waals surface area contributed by atoms with Gasteiger partial charge in [-0.3, -0.25) is 0 Å². The van der Waals surface area contributed by atoms with E-state index >= 15 is 0 Å².